The first-order chi connectivity index (χ1) is 22.6. The van der Waals surface area contributed by atoms with E-state index in [1.807, 2.05) is 44.0 Å². The molecule has 0 bridgehead atoms. The zero-order valence-corrected chi connectivity index (χ0v) is 26.9. The third-order valence-corrected chi connectivity index (χ3v) is 7.50. The molecule has 3 amide bonds. The lowest BCUT2D eigenvalue weighted by atomic mass is 10.1. The van der Waals surface area contributed by atoms with Gasteiger partial charge in [0.1, 0.15) is 5.60 Å². The van der Waals surface area contributed by atoms with Gasteiger partial charge in [-0.2, -0.15) is 23.7 Å². The maximum Gasteiger partial charge on any atom is 0.490 e. The van der Waals surface area contributed by atoms with Crippen molar-refractivity contribution in [2.24, 2.45) is 0 Å². The van der Waals surface area contributed by atoms with Crippen molar-refractivity contribution in [3.05, 3.63) is 48.0 Å². The van der Waals surface area contributed by atoms with Crippen LogP contribution in [0.2, 0.25) is 0 Å². The summed E-state index contributed by atoms with van der Waals surface area (Å²) in [5.74, 6) is -2.45. The summed E-state index contributed by atoms with van der Waals surface area (Å²) in [7, 11) is 0. The largest absolute Gasteiger partial charge is 0.490 e. The quantitative estimate of drug-likeness (QED) is 0.463. The normalized spacial score (nSPS) is 21.1. The lowest BCUT2D eigenvalue weighted by Crippen LogP contribution is -2.35. The van der Waals surface area contributed by atoms with Crippen LogP contribution in [0.5, 0.6) is 0 Å². The number of carbonyl (C=O) groups is 4. The Balaban J connectivity index is 0.000000188. The Morgan fingerprint density at radius 3 is 1.90 bits per heavy atom. The van der Waals surface area contributed by atoms with Crippen molar-refractivity contribution >= 4 is 35.3 Å². The molecule has 0 aromatic carbocycles. The number of aromatic nitrogens is 2. The Morgan fingerprint density at radius 2 is 1.44 bits per heavy atom. The Kier molecular flexibility index (Phi) is 11.9. The molecule has 4 aliphatic heterocycles. The summed E-state index contributed by atoms with van der Waals surface area (Å²) in [5.41, 5.74) is 5.97. The van der Waals surface area contributed by atoms with Crippen LogP contribution < -0.4 is 15.3 Å². The number of nitrogens with one attached hydrogen (secondary N) is 1. The van der Waals surface area contributed by atoms with E-state index in [2.05, 4.69) is 15.4 Å². The average molecular weight is 681 g/mol. The predicted octanol–water partition coefficient (Wildman–Crippen LogP) is 4.63. The smallest absolute Gasteiger partial charge is 0.475 e. The van der Waals surface area contributed by atoms with Gasteiger partial charge in [-0.05, 0) is 63.3 Å². The average Bonchev–Trinajstić information content (AvgIpc) is 3.85. The molecule has 2 aromatic rings. The highest BCUT2D eigenvalue weighted by atomic mass is 19.4. The molecule has 0 aliphatic carbocycles. The Hall–Kier alpha value is -4.35. The first kappa shape index (κ1) is 36.5. The van der Waals surface area contributed by atoms with Crippen molar-refractivity contribution in [1.29, 1.82) is 0 Å². The number of carboxylic acid groups (broad SMARTS) is 1. The number of alkyl halides is 3. The molecule has 262 valence electrons. The molecule has 6 heterocycles. The van der Waals surface area contributed by atoms with Crippen LogP contribution >= 0.6 is 0 Å². The van der Waals surface area contributed by atoms with E-state index in [9.17, 15) is 27.6 Å². The topological polar surface area (TPSA) is 164 Å². The number of halogens is 3. The van der Waals surface area contributed by atoms with Crippen LogP contribution in [0, 0.1) is 0 Å². The third kappa shape index (κ3) is 9.84. The van der Waals surface area contributed by atoms with Crippen molar-refractivity contribution in [2.45, 2.75) is 83.2 Å². The molecule has 2 aromatic heterocycles. The van der Waals surface area contributed by atoms with E-state index in [-0.39, 0.29) is 23.9 Å². The summed E-state index contributed by atoms with van der Waals surface area (Å²) in [6.45, 7) is 8.12. The number of ether oxygens (including phenoxy) is 1. The monoisotopic (exact) mass is 680 g/mol. The van der Waals surface area contributed by atoms with Crippen molar-refractivity contribution in [2.75, 3.05) is 36.1 Å². The standard InChI is InChI=1S/C17H23N3O4.C12H15N3O2.C2HF3O2/c1-17(2,3)24-16(22)20-14(6-8-23-20)12-9-13(11-18-10-12)19-7-4-5-15(19)21;16-12-2-1-4-15(12)10-6-9(7-13-8-10)11-3-5-17-14-11;3-2(4,5)1(6)7/h9-11,14H,4-8H2,1-3H3;6-8,11,14H,1-5H2;(H,6,7)/t14-;11-;/m00./s1. The van der Waals surface area contributed by atoms with Crippen molar-refractivity contribution < 1.29 is 51.9 Å². The highest BCUT2D eigenvalue weighted by molar-refractivity contribution is 5.95. The summed E-state index contributed by atoms with van der Waals surface area (Å²) in [6, 6.07) is 3.88. The van der Waals surface area contributed by atoms with Crippen molar-refractivity contribution in [3.63, 3.8) is 0 Å². The molecule has 4 aliphatic rings. The number of hydroxylamine groups is 3. The second kappa shape index (κ2) is 15.7. The zero-order valence-electron chi connectivity index (χ0n) is 26.9. The van der Waals surface area contributed by atoms with Gasteiger partial charge in [-0.25, -0.2) is 9.59 Å². The second-order valence-electron chi connectivity index (χ2n) is 12.3. The molecular formula is C31H39F3N6O8. The van der Waals surface area contributed by atoms with Crippen molar-refractivity contribution in [1.82, 2.24) is 20.5 Å². The molecule has 0 saturated carbocycles. The van der Waals surface area contributed by atoms with Crippen LogP contribution in [-0.2, 0) is 28.8 Å². The lowest BCUT2D eigenvalue weighted by molar-refractivity contribution is -0.192. The van der Waals surface area contributed by atoms with Gasteiger partial charge in [0.2, 0.25) is 11.8 Å². The predicted molar refractivity (Wildman–Crippen MR) is 163 cm³/mol. The first-order valence-electron chi connectivity index (χ1n) is 15.5. The van der Waals surface area contributed by atoms with Gasteiger partial charge in [0.15, 0.2) is 0 Å². The number of amides is 3. The molecule has 0 unspecified atom stereocenters. The number of nitrogens with zero attached hydrogens (tertiary/aromatic N) is 5. The molecule has 2 atom stereocenters. The van der Waals surface area contributed by atoms with E-state index in [1.165, 1.54) is 5.06 Å². The lowest BCUT2D eigenvalue weighted by Gasteiger charge is -2.27. The van der Waals surface area contributed by atoms with Gasteiger partial charge in [-0.3, -0.25) is 24.4 Å². The first-order valence-corrected chi connectivity index (χ1v) is 15.5. The van der Waals surface area contributed by atoms with E-state index in [0.717, 1.165) is 54.9 Å². The van der Waals surface area contributed by atoms with E-state index in [4.69, 9.17) is 24.3 Å². The summed E-state index contributed by atoms with van der Waals surface area (Å²) < 4.78 is 37.1. The number of hydrogen-bond donors (Lipinski definition) is 2. The van der Waals surface area contributed by atoms with Crippen LogP contribution in [-0.4, -0.2) is 82.1 Å². The van der Waals surface area contributed by atoms with Gasteiger partial charge >= 0.3 is 18.2 Å². The fraction of sp³-hybridized carbons (Fsp3) is 0.548. The second-order valence-corrected chi connectivity index (χ2v) is 12.3. The van der Waals surface area contributed by atoms with Gasteiger partial charge in [0.25, 0.3) is 0 Å². The van der Waals surface area contributed by atoms with E-state index < -0.39 is 23.8 Å². The maximum atomic E-state index is 12.3. The summed E-state index contributed by atoms with van der Waals surface area (Å²) in [4.78, 5) is 67.4. The molecule has 0 radical (unpaired) electrons. The molecule has 14 nitrogen and oxygen atoms in total. The number of rotatable bonds is 4. The minimum Gasteiger partial charge on any atom is -0.475 e. The maximum absolute atomic E-state index is 12.3. The number of pyridine rings is 2. The fourth-order valence-electron chi connectivity index (χ4n) is 5.29. The number of carboxylic acids is 1. The minimum atomic E-state index is -5.08. The molecule has 2 N–H and O–H groups in total. The van der Waals surface area contributed by atoms with E-state index in [0.29, 0.717) is 32.4 Å². The Bertz CT molecular complexity index is 1460. The van der Waals surface area contributed by atoms with Gasteiger partial charge in [-0.1, -0.05) is 0 Å². The van der Waals surface area contributed by atoms with Crippen LogP contribution in [0.4, 0.5) is 29.3 Å². The molecule has 4 saturated heterocycles. The summed E-state index contributed by atoms with van der Waals surface area (Å²) >= 11 is 0. The highest BCUT2D eigenvalue weighted by Gasteiger charge is 2.38. The summed E-state index contributed by atoms with van der Waals surface area (Å²) in [5, 5.41) is 8.40. The van der Waals surface area contributed by atoms with Crippen LogP contribution in [0.1, 0.15) is 82.5 Å². The van der Waals surface area contributed by atoms with Crippen LogP contribution in [0.3, 0.4) is 0 Å². The van der Waals surface area contributed by atoms with Crippen molar-refractivity contribution in [3.8, 4) is 0 Å². The SMILES string of the molecule is CC(C)(C)OC(=O)N1OCC[C@H]1c1cncc(N2CCCC2=O)c1.O=C(O)C(F)(F)F.O=C1CCCN1c1cncc([C@@H]2CCON2)c1. The molecular weight excluding hydrogens is 641 g/mol. The third-order valence-electron chi connectivity index (χ3n) is 7.50. The van der Waals surface area contributed by atoms with E-state index >= 15 is 0 Å². The Labute approximate surface area is 275 Å². The zero-order chi connectivity index (χ0) is 35.1. The number of hydrogen-bond acceptors (Lipinski definition) is 10. The number of aliphatic carboxylic acids is 1. The number of carbonyl (C=O) groups excluding carboxylic acids is 3. The molecule has 6 rings (SSSR count). The van der Waals surface area contributed by atoms with Gasteiger partial charge in [0, 0.05) is 44.7 Å². The van der Waals surface area contributed by atoms with Gasteiger partial charge in [-0.15, -0.1) is 0 Å². The molecule has 0 spiro atoms. The van der Waals surface area contributed by atoms with Gasteiger partial charge in [0.05, 0.1) is 49.1 Å². The summed E-state index contributed by atoms with van der Waals surface area (Å²) in [6.07, 6.45) is 6.01. The number of anilines is 2. The fourth-order valence-corrected chi connectivity index (χ4v) is 5.29. The van der Waals surface area contributed by atoms with E-state index in [1.54, 1.807) is 23.5 Å². The van der Waals surface area contributed by atoms with Crippen LogP contribution in [0.15, 0.2) is 36.9 Å². The Morgan fingerprint density at radius 1 is 0.896 bits per heavy atom. The minimum absolute atomic E-state index is 0.112. The molecule has 17 heteroatoms. The highest BCUT2D eigenvalue weighted by Crippen LogP contribution is 2.34. The molecule has 48 heavy (non-hydrogen) atoms. The molecule has 4 fully saturated rings. The van der Waals surface area contributed by atoms with Crippen LogP contribution in [0.25, 0.3) is 0 Å². The van der Waals surface area contributed by atoms with Gasteiger partial charge < -0.3 is 24.5 Å².